The minimum Gasteiger partial charge on any atom is -0.0836 e. The van der Waals surface area contributed by atoms with Gasteiger partial charge in [0.05, 0.1) is 0 Å². The van der Waals surface area contributed by atoms with E-state index in [1.807, 2.05) is 6.07 Å². The fraction of sp³-hybridized carbons (Fsp3) is 0.143. The summed E-state index contributed by atoms with van der Waals surface area (Å²) in [5.74, 6) is 0. The zero-order valence-electron chi connectivity index (χ0n) is 7.96. The van der Waals surface area contributed by atoms with Crippen LogP contribution in [0, 0.1) is 6.07 Å². The van der Waals surface area contributed by atoms with Gasteiger partial charge in [-0.05, 0) is 40.8 Å². The molecule has 0 N–H and O–H groups in total. The van der Waals surface area contributed by atoms with Gasteiger partial charge >= 0.3 is 0 Å². The number of hydrogen-bond acceptors (Lipinski definition) is 0. The van der Waals surface area contributed by atoms with Gasteiger partial charge in [0.2, 0.25) is 0 Å². The lowest BCUT2D eigenvalue weighted by Crippen LogP contribution is -1.94. The Bertz CT molecular complexity index is 506. The van der Waals surface area contributed by atoms with Gasteiger partial charge in [0.1, 0.15) is 0 Å². The summed E-state index contributed by atoms with van der Waals surface area (Å²) in [5, 5.41) is 2.61. The fourth-order valence-electron chi connectivity index (χ4n) is 2.15. The molecule has 1 aliphatic carbocycles. The second-order valence-corrected chi connectivity index (χ2v) is 3.71. The molecule has 0 saturated carbocycles. The Kier molecular flexibility index (Phi) is 1.66. The Morgan fingerprint density at radius 2 is 2.14 bits per heavy atom. The Morgan fingerprint density at radius 1 is 1.14 bits per heavy atom. The summed E-state index contributed by atoms with van der Waals surface area (Å²) >= 11 is 0. The highest BCUT2D eigenvalue weighted by Crippen LogP contribution is 2.27. The summed E-state index contributed by atoms with van der Waals surface area (Å²) in [4.78, 5) is 0. The molecular formula is C14H11. The van der Waals surface area contributed by atoms with E-state index in [0.29, 0.717) is 0 Å². The number of hydrogen-bond donors (Lipinski definition) is 0. The Labute approximate surface area is 83.9 Å². The van der Waals surface area contributed by atoms with Crippen molar-refractivity contribution >= 4 is 16.8 Å². The van der Waals surface area contributed by atoms with Crippen molar-refractivity contribution in [3.63, 3.8) is 0 Å². The van der Waals surface area contributed by atoms with Crippen LogP contribution in [-0.4, -0.2) is 0 Å². The van der Waals surface area contributed by atoms with Gasteiger partial charge in [0.15, 0.2) is 0 Å². The molecule has 0 atom stereocenters. The summed E-state index contributed by atoms with van der Waals surface area (Å²) in [6.45, 7) is 0. The van der Waals surface area contributed by atoms with Crippen molar-refractivity contribution < 1.29 is 0 Å². The van der Waals surface area contributed by atoms with Crippen LogP contribution >= 0.6 is 0 Å². The molecule has 14 heavy (non-hydrogen) atoms. The first-order valence-corrected chi connectivity index (χ1v) is 5.04. The maximum atomic E-state index is 3.28. The lowest BCUT2D eigenvalue weighted by molar-refractivity contribution is 0.997. The molecule has 0 amide bonds. The molecular weight excluding hydrogens is 168 g/mol. The quantitative estimate of drug-likeness (QED) is 0.579. The van der Waals surface area contributed by atoms with Crippen molar-refractivity contribution in [2.24, 2.45) is 0 Å². The molecule has 0 aliphatic heterocycles. The van der Waals surface area contributed by atoms with Crippen molar-refractivity contribution in [3.05, 3.63) is 53.6 Å². The van der Waals surface area contributed by atoms with Crippen LogP contribution in [0.15, 0.2) is 36.4 Å². The van der Waals surface area contributed by atoms with Crippen LogP contribution in [0.25, 0.3) is 16.8 Å². The minimum absolute atomic E-state index is 1.17. The van der Waals surface area contributed by atoms with Crippen molar-refractivity contribution in [2.75, 3.05) is 0 Å². The van der Waals surface area contributed by atoms with Crippen LogP contribution in [0.3, 0.4) is 0 Å². The van der Waals surface area contributed by atoms with Gasteiger partial charge in [0, 0.05) is 0 Å². The van der Waals surface area contributed by atoms with E-state index in [2.05, 4.69) is 42.5 Å². The Hall–Kier alpha value is -1.56. The van der Waals surface area contributed by atoms with Crippen LogP contribution in [0.1, 0.15) is 17.5 Å². The minimum atomic E-state index is 1.17. The molecule has 1 radical (unpaired) electrons. The van der Waals surface area contributed by atoms with Crippen LogP contribution in [0.5, 0.6) is 0 Å². The van der Waals surface area contributed by atoms with E-state index in [9.17, 15) is 0 Å². The zero-order valence-corrected chi connectivity index (χ0v) is 7.96. The molecule has 0 heteroatoms. The highest BCUT2D eigenvalue weighted by molar-refractivity contribution is 5.88. The normalized spacial score (nSPS) is 14.3. The van der Waals surface area contributed by atoms with Crippen LogP contribution in [0.2, 0.25) is 0 Å². The largest absolute Gasteiger partial charge is 0.0836 e. The predicted molar refractivity (Wildman–Crippen MR) is 60.1 cm³/mol. The Morgan fingerprint density at radius 3 is 3.14 bits per heavy atom. The number of benzene rings is 2. The van der Waals surface area contributed by atoms with Gasteiger partial charge in [-0.3, -0.25) is 0 Å². The lowest BCUT2D eigenvalue weighted by atomic mass is 9.92. The van der Waals surface area contributed by atoms with E-state index in [4.69, 9.17) is 0 Å². The van der Waals surface area contributed by atoms with Gasteiger partial charge < -0.3 is 0 Å². The van der Waals surface area contributed by atoms with E-state index >= 15 is 0 Å². The molecule has 0 spiro atoms. The van der Waals surface area contributed by atoms with Crippen molar-refractivity contribution in [3.8, 4) is 0 Å². The molecule has 0 fully saturated rings. The highest BCUT2D eigenvalue weighted by Gasteiger charge is 2.07. The van der Waals surface area contributed by atoms with Gasteiger partial charge in [0.25, 0.3) is 0 Å². The lowest BCUT2D eigenvalue weighted by Gasteiger charge is -2.12. The van der Waals surface area contributed by atoms with E-state index in [1.165, 1.54) is 34.7 Å². The number of fused-ring (bicyclic) bond motifs is 3. The van der Waals surface area contributed by atoms with Gasteiger partial charge in [-0.2, -0.15) is 0 Å². The Balaban J connectivity index is 2.41. The van der Waals surface area contributed by atoms with E-state index in [0.717, 1.165) is 0 Å². The maximum absolute atomic E-state index is 3.28. The molecule has 1 aliphatic rings. The third-order valence-corrected chi connectivity index (χ3v) is 2.85. The van der Waals surface area contributed by atoms with E-state index < -0.39 is 0 Å². The monoisotopic (exact) mass is 179 g/mol. The second-order valence-electron chi connectivity index (χ2n) is 3.71. The van der Waals surface area contributed by atoms with Crippen molar-refractivity contribution in [1.29, 1.82) is 0 Å². The topological polar surface area (TPSA) is 0 Å². The second kappa shape index (κ2) is 2.98. The predicted octanol–water partition coefficient (Wildman–Crippen LogP) is 3.60. The smallest absolute Gasteiger partial charge is 0.00991 e. The first-order chi connectivity index (χ1) is 6.95. The molecule has 0 saturated heterocycles. The number of rotatable bonds is 0. The molecule has 0 bridgehead atoms. The summed E-state index contributed by atoms with van der Waals surface area (Å²) < 4.78 is 0. The third-order valence-electron chi connectivity index (χ3n) is 2.85. The van der Waals surface area contributed by atoms with Crippen LogP contribution in [-0.2, 0) is 6.42 Å². The van der Waals surface area contributed by atoms with Gasteiger partial charge in [-0.15, -0.1) is 0 Å². The van der Waals surface area contributed by atoms with Crippen LogP contribution < -0.4 is 0 Å². The molecule has 0 unspecified atom stereocenters. The van der Waals surface area contributed by atoms with Gasteiger partial charge in [-0.25, -0.2) is 0 Å². The van der Waals surface area contributed by atoms with Gasteiger partial charge in [-0.1, -0.05) is 42.5 Å². The molecule has 67 valence electrons. The first kappa shape index (κ1) is 7.81. The first-order valence-electron chi connectivity index (χ1n) is 5.04. The molecule has 3 rings (SSSR count). The van der Waals surface area contributed by atoms with Crippen LogP contribution in [0.4, 0.5) is 0 Å². The van der Waals surface area contributed by atoms with Crippen molar-refractivity contribution in [1.82, 2.24) is 0 Å². The van der Waals surface area contributed by atoms with E-state index in [1.54, 1.807) is 0 Å². The standard InChI is InChI=1S/C14H11/c1-3-7-13-11(5-1)9-10-12-6-2-4-8-14(12)13/h1-3,6-7,9-10H,4,8H2. The summed E-state index contributed by atoms with van der Waals surface area (Å²) in [7, 11) is 0. The molecule has 0 heterocycles. The summed E-state index contributed by atoms with van der Waals surface area (Å²) in [6, 6.07) is 13.9. The SMILES string of the molecule is [c]1cccc2c3c(ccc12)C=CCC3. The maximum Gasteiger partial charge on any atom is -0.00991 e. The third kappa shape index (κ3) is 1.07. The summed E-state index contributed by atoms with van der Waals surface area (Å²) in [5.41, 5.74) is 2.87. The average molecular weight is 179 g/mol. The number of aryl methyl sites for hydroxylation is 1. The molecule has 2 aromatic carbocycles. The highest BCUT2D eigenvalue weighted by atomic mass is 14.1. The molecule has 2 aromatic rings. The van der Waals surface area contributed by atoms with E-state index in [-0.39, 0.29) is 0 Å². The fourth-order valence-corrected chi connectivity index (χ4v) is 2.15. The average Bonchev–Trinajstić information content (AvgIpc) is 2.29. The zero-order chi connectivity index (χ0) is 9.38. The van der Waals surface area contributed by atoms with Crippen molar-refractivity contribution in [2.45, 2.75) is 12.8 Å². The molecule has 0 nitrogen and oxygen atoms in total. The molecule has 0 aromatic heterocycles. The summed E-state index contributed by atoms with van der Waals surface area (Å²) in [6.07, 6.45) is 6.81. The number of allylic oxidation sites excluding steroid dienone is 1.